The number of rotatable bonds is 3. The van der Waals surface area contributed by atoms with Crippen molar-refractivity contribution in [3.05, 3.63) is 35.7 Å². The summed E-state index contributed by atoms with van der Waals surface area (Å²) in [5.74, 6) is 0.0127. The van der Waals surface area contributed by atoms with Gasteiger partial charge in [0, 0.05) is 30.4 Å². The van der Waals surface area contributed by atoms with Crippen molar-refractivity contribution >= 4 is 17.7 Å². The highest BCUT2D eigenvalue weighted by atomic mass is 19.1. The third-order valence-corrected chi connectivity index (χ3v) is 4.49. The molecule has 1 saturated carbocycles. The molecular weight excluding hydrogens is 257 g/mol. The molecule has 0 amide bonds. The minimum Gasteiger partial charge on any atom is -0.478 e. The zero-order valence-corrected chi connectivity index (χ0v) is 11.3. The summed E-state index contributed by atoms with van der Waals surface area (Å²) in [7, 11) is 0. The summed E-state index contributed by atoms with van der Waals surface area (Å²) < 4.78 is 14.0. The average molecular weight is 275 g/mol. The van der Waals surface area contributed by atoms with Crippen LogP contribution in [-0.4, -0.2) is 24.2 Å². The molecule has 20 heavy (non-hydrogen) atoms. The Morgan fingerprint density at radius 1 is 1.30 bits per heavy atom. The Balaban J connectivity index is 1.89. The number of carbonyl (C=O) groups is 1. The second kappa shape index (κ2) is 5.27. The number of halogens is 1. The molecule has 0 spiro atoms. The summed E-state index contributed by atoms with van der Waals surface area (Å²) in [5, 5.41) is 8.73. The van der Waals surface area contributed by atoms with E-state index in [9.17, 15) is 9.18 Å². The number of carboxylic acids is 1. The third kappa shape index (κ3) is 2.42. The number of hydrogen-bond donors (Lipinski definition) is 1. The fraction of sp³-hybridized carbons (Fsp3) is 0.438. The van der Waals surface area contributed by atoms with E-state index in [1.54, 1.807) is 6.07 Å². The smallest absolute Gasteiger partial charge is 0.328 e. The normalized spacial score (nSPS) is 25.4. The van der Waals surface area contributed by atoms with Crippen LogP contribution < -0.4 is 4.90 Å². The number of aliphatic carboxylic acids is 1. The van der Waals surface area contributed by atoms with Crippen molar-refractivity contribution < 1.29 is 14.3 Å². The van der Waals surface area contributed by atoms with Crippen molar-refractivity contribution in [3.63, 3.8) is 0 Å². The van der Waals surface area contributed by atoms with Gasteiger partial charge in [-0.3, -0.25) is 0 Å². The van der Waals surface area contributed by atoms with E-state index in [1.165, 1.54) is 31.4 Å². The minimum absolute atomic E-state index is 0.364. The maximum Gasteiger partial charge on any atom is 0.328 e. The van der Waals surface area contributed by atoms with Crippen molar-refractivity contribution in [2.45, 2.75) is 19.3 Å². The topological polar surface area (TPSA) is 40.5 Å². The zero-order chi connectivity index (χ0) is 14.1. The van der Waals surface area contributed by atoms with E-state index in [2.05, 4.69) is 4.90 Å². The maximum absolute atomic E-state index is 14.0. The van der Waals surface area contributed by atoms with Gasteiger partial charge in [0.25, 0.3) is 0 Å². The van der Waals surface area contributed by atoms with E-state index in [-0.39, 0.29) is 5.82 Å². The average Bonchev–Trinajstić information content (AvgIpc) is 2.97. The Labute approximate surface area is 117 Å². The Morgan fingerprint density at radius 2 is 2.00 bits per heavy atom. The van der Waals surface area contributed by atoms with Crippen LogP contribution in [0.2, 0.25) is 0 Å². The number of hydrogen-bond acceptors (Lipinski definition) is 2. The molecule has 0 aromatic heterocycles. The molecule has 2 atom stereocenters. The molecule has 106 valence electrons. The number of carboxylic acid groups (broad SMARTS) is 1. The number of benzene rings is 1. The molecule has 1 N–H and O–H groups in total. The molecular formula is C16H18FNO2. The summed E-state index contributed by atoms with van der Waals surface area (Å²) in [6, 6.07) is 4.95. The number of nitrogens with zero attached hydrogens (tertiary/aromatic N) is 1. The largest absolute Gasteiger partial charge is 0.478 e. The highest BCUT2D eigenvalue weighted by Gasteiger charge is 2.36. The third-order valence-electron chi connectivity index (χ3n) is 4.49. The van der Waals surface area contributed by atoms with Gasteiger partial charge in [-0.15, -0.1) is 0 Å². The molecule has 1 aromatic rings. The van der Waals surface area contributed by atoms with E-state index in [0.29, 0.717) is 5.56 Å². The molecule has 1 aromatic carbocycles. The summed E-state index contributed by atoms with van der Waals surface area (Å²) in [6.45, 7) is 1.92. The van der Waals surface area contributed by atoms with Crippen LogP contribution in [0.1, 0.15) is 24.8 Å². The van der Waals surface area contributed by atoms with Crippen LogP contribution in [0.5, 0.6) is 0 Å². The highest BCUT2D eigenvalue weighted by molar-refractivity contribution is 5.87. The van der Waals surface area contributed by atoms with Gasteiger partial charge in [0.2, 0.25) is 0 Å². The van der Waals surface area contributed by atoms with Gasteiger partial charge in [-0.1, -0.05) is 12.5 Å². The molecule has 1 aliphatic carbocycles. The van der Waals surface area contributed by atoms with Crippen LogP contribution in [0, 0.1) is 17.7 Å². The van der Waals surface area contributed by atoms with Gasteiger partial charge in [-0.2, -0.15) is 0 Å². The molecule has 2 aliphatic rings. The van der Waals surface area contributed by atoms with Gasteiger partial charge in [0.1, 0.15) is 5.82 Å². The van der Waals surface area contributed by atoms with Crippen LogP contribution >= 0.6 is 0 Å². The van der Waals surface area contributed by atoms with Crippen LogP contribution in [0.15, 0.2) is 24.3 Å². The van der Waals surface area contributed by atoms with Gasteiger partial charge in [-0.25, -0.2) is 9.18 Å². The van der Waals surface area contributed by atoms with Crippen molar-refractivity contribution in [1.29, 1.82) is 0 Å². The first-order chi connectivity index (χ1) is 9.65. The molecule has 2 fully saturated rings. The molecule has 2 unspecified atom stereocenters. The molecule has 1 aliphatic heterocycles. The van der Waals surface area contributed by atoms with Gasteiger partial charge in [0.05, 0.1) is 0 Å². The van der Waals surface area contributed by atoms with Crippen molar-refractivity contribution in [2.75, 3.05) is 18.0 Å². The first kappa shape index (κ1) is 13.2. The number of fused-ring (bicyclic) bond motifs is 1. The summed E-state index contributed by atoms with van der Waals surface area (Å²) >= 11 is 0. The molecule has 0 radical (unpaired) electrons. The van der Waals surface area contributed by atoms with Crippen LogP contribution in [0.4, 0.5) is 10.1 Å². The predicted molar refractivity (Wildman–Crippen MR) is 76.1 cm³/mol. The van der Waals surface area contributed by atoms with E-state index >= 15 is 0 Å². The standard InChI is InChI=1S/C16H18FNO2/c17-14-5-2-6-15(13(14)7-8-16(19)20)18-9-11-3-1-4-12(11)10-18/h2,5-8,11-12H,1,3-4,9-10H2,(H,19,20)/b8-7+. The lowest BCUT2D eigenvalue weighted by molar-refractivity contribution is -0.131. The summed E-state index contributed by atoms with van der Waals surface area (Å²) in [6.07, 6.45) is 6.19. The van der Waals surface area contributed by atoms with E-state index < -0.39 is 5.97 Å². The molecule has 4 heteroatoms. The Morgan fingerprint density at radius 3 is 2.65 bits per heavy atom. The lowest BCUT2D eigenvalue weighted by Crippen LogP contribution is -2.21. The van der Waals surface area contributed by atoms with Gasteiger partial charge >= 0.3 is 5.97 Å². The fourth-order valence-electron chi connectivity index (χ4n) is 3.55. The van der Waals surface area contributed by atoms with Crippen molar-refractivity contribution in [2.24, 2.45) is 11.8 Å². The Kier molecular flexibility index (Phi) is 3.47. The maximum atomic E-state index is 14.0. The Hall–Kier alpha value is -1.84. The van der Waals surface area contributed by atoms with Crippen molar-refractivity contribution in [1.82, 2.24) is 0 Å². The van der Waals surface area contributed by atoms with Crippen LogP contribution in [0.3, 0.4) is 0 Å². The lowest BCUT2D eigenvalue weighted by Gasteiger charge is -2.22. The monoisotopic (exact) mass is 275 g/mol. The molecule has 3 rings (SSSR count). The van der Waals surface area contributed by atoms with E-state index in [1.807, 2.05) is 6.07 Å². The van der Waals surface area contributed by atoms with Gasteiger partial charge in [0.15, 0.2) is 0 Å². The van der Waals surface area contributed by atoms with Crippen LogP contribution in [0.25, 0.3) is 6.08 Å². The predicted octanol–water partition coefficient (Wildman–Crippen LogP) is 3.16. The van der Waals surface area contributed by atoms with Crippen LogP contribution in [-0.2, 0) is 4.79 Å². The molecule has 3 nitrogen and oxygen atoms in total. The SMILES string of the molecule is O=C(O)/C=C/c1c(F)cccc1N1CC2CCCC2C1. The van der Waals surface area contributed by atoms with Crippen molar-refractivity contribution in [3.8, 4) is 0 Å². The van der Waals surface area contributed by atoms with Gasteiger partial charge in [-0.05, 0) is 42.9 Å². The van der Waals surface area contributed by atoms with E-state index in [4.69, 9.17) is 5.11 Å². The summed E-state index contributed by atoms with van der Waals surface area (Å²) in [5.41, 5.74) is 1.20. The fourth-order valence-corrected chi connectivity index (χ4v) is 3.55. The molecule has 0 bridgehead atoms. The van der Waals surface area contributed by atoms with Gasteiger partial charge < -0.3 is 10.0 Å². The summed E-state index contributed by atoms with van der Waals surface area (Å²) in [4.78, 5) is 12.9. The second-order valence-electron chi connectivity index (χ2n) is 5.70. The second-order valence-corrected chi connectivity index (χ2v) is 5.70. The van der Waals surface area contributed by atoms with E-state index in [0.717, 1.165) is 36.7 Å². The molecule has 1 heterocycles. The first-order valence-electron chi connectivity index (χ1n) is 7.09. The minimum atomic E-state index is -1.06. The molecule has 1 saturated heterocycles. The first-order valence-corrected chi connectivity index (χ1v) is 7.09. The highest BCUT2D eigenvalue weighted by Crippen LogP contribution is 2.40. The quantitative estimate of drug-likeness (QED) is 0.861. The number of anilines is 1. The Bertz CT molecular complexity index is 543. The lowest BCUT2D eigenvalue weighted by atomic mass is 10.0. The zero-order valence-electron chi connectivity index (χ0n) is 11.3.